The van der Waals surface area contributed by atoms with Crippen LogP contribution in [0.1, 0.15) is 5.56 Å². The predicted octanol–water partition coefficient (Wildman–Crippen LogP) is 3.48. The third-order valence-electron chi connectivity index (χ3n) is 4.59. The molecule has 6 nitrogen and oxygen atoms in total. The van der Waals surface area contributed by atoms with Crippen molar-refractivity contribution in [3.05, 3.63) is 53.8 Å². The third kappa shape index (κ3) is 4.00. The van der Waals surface area contributed by atoms with Crippen molar-refractivity contribution in [1.29, 1.82) is 0 Å². The second kappa shape index (κ2) is 7.54. The summed E-state index contributed by atoms with van der Waals surface area (Å²) in [6.07, 6.45) is -6.22. The molecule has 0 atom stereocenters. The van der Waals surface area contributed by atoms with E-state index in [-0.39, 0.29) is 31.9 Å². The molecule has 3 rings (SSSR count). The van der Waals surface area contributed by atoms with E-state index in [0.29, 0.717) is 0 Å². The van der Waals surface area contributed by atoms with E-state index in [1.54, 1.807) is 0 Å². The van der Waals surface area contributed by atoms with Gasteiger partial charge in [-0.05, 0) is 24.3 Å². The number of piperazine rings is 1. The fourth-order valence-electron chi connectivity index (χ4n) is 3.21. The van der Waals surface area contributed by atoms with Crippen LogP contribution >= 0.6 is 0 Å². The van der Waals surface area contributed by atoms with Crippen LogP contribution in [0.3, 0.4) is 0 Å². The lowest BCUT2D eigenvalue weighted by Gasteiger charge is -2.36. The highest BCUT2D eigenvalue weighted by Crippen LogP contribution is 2.42. The maximum atomic E-state index is 14.0. The Hall–Kier alpha value is -2.82. The number of sulfone groups is 1. The van der Waals surface area contributed by atoms with E-state index in [4.69, 9.17) is 5.11 Å². The molecule has 2 aromatic rings. The van der Waals surface area contributed by atoms with Gasteiger partial charge >= 0.3 is 12.3 Å². The van der Waals surface area contributed by atoms with Gasteiger partial charge in [-0.15, -0.1) is 0 Å². The Morgan fingerprint density at radius 1 is 0.931 bits per heavy atom. The Morgan fingerprint density at radius 2 is 1.52 bits per heavy atom. The molecule has 2 aromatic carbocycles. The summed E-state index contributed by atoms with van der Waals surface area (Å²) in [5.41, 5.74) is -1.79. The Bertz CT molecular complexity index is 1030. The lowest BCUT2D eigenvalue weighted by molar-refractivity contribution is -0.139. The van der Waals surface area contributed by atoms with Gasteiger partial charge in [0.1, 0.15) is 10.7 Å². The second-order valence-electron chi connectivity index (χ2n) is 6.34. The predicted molar refractivity (Wildman–Crippen MR) is 95.1 cm³/mol. The summed E-state index contributed by atoms with van der Waals surface area (Å²) in [7, 11) is -4.80. The highest BCUT2D eigenvalue weighted by atomic mass is 32.2. The molecule has 1 saturated heterocycles. The number of hydrogen-bond acceptors (Lipinski definition) is 4. The first-order chi connectivity index (χ1) is 13.5. The zero-order chi connectivity index (χ0) is 21.4. The molecule has 1 aliphatic heterocycles. The van der Waals surface area contributed by atoms with Crippen LogP contribution in [0.5, 0.6) is 0 Å². The number of anilines is 1. The first-order valence-electron chi connectivity index (χ1n) is 8.46. The fraction of sp³-hybridized carbons (Fsp3) is 0.278. The van der Waals surface area contributed by atoms with Crippen molar-refractivity contribution >= 4 is 21.6 Å². The van der Waals surface area contributed by atoms with Gasteiger partial charge in [-0.3, -0.25) is 0 Å². The van der Waals surface area contributed by atoms with Crippen molar-refractivity contribution in [3.8, 4) is 0 Å². The maximum Gasteiger partial charge on any atom is 0.419 e. The molecule has 0 saturated carbocycles. The van der Waals surface area contributed by atoms with Crippen molar-refractivity contribution in [2.75, 3.05) is 31.1 Å². The first-order valence-corrected chi connectivity index (χ1v) is 9.94. The molecule has 1 aliphatic rings. The summed E-state index contributed by atoms with van der Waals surface area (Å²) in [4.78, 5) is 11.5. The van der Waals surface area contributed by atoms with E-state index in [1.165, 1.54) is 17.0 Å². The summed E-state index contributed by atoms with van der Waals surface area (Å²) in [5.74, 6) is -1.15. The Kier molecular flexibility index (Phi) is 5.44. The highest BCUT2D eigenvalue weighted by Gasteiger charge is 2.42. The largest absolute Gasteiger partial charge is 0.465 e. The minimum Gasteiger partial charge on any atom is -0.465 e. The SMILES string of the molecule is O=C(O)N1CCN(c2cccc(S(=O)(=O)c3ccccc3F)c2C(F)(F)F)CC1. The molecule has 1 N–H and O–H groups in total. The number of amides is 1. The quantitative estimate of drug-likeness (QED) is 0.752. The molecular formula is C18H16F4N2O4S. The number of halogens is 4. The molecular weight excluding hydrogens is 416 g/mol. The molecule has 0 unspecified atom stereocenters. The van der Waals surface area contributed by atoms with E-state index < -0.39 is 43.3 Å². The standard InChI is InChI=1S/C18H16F4N2O4S/c19-12-4-1-2-6-14(12)29(27,28)15-7-3-5-13(16(15)18(20,21)22)23-8-10-24(11-9-23)17(25)26/h1-7H,8-11H2,(H,25,26). The normalized spacial score (nSPS) is 15.4. The number of rotatable bonds is 3. The molecule has 1 fully saturated rings. The van der Waals surface area contributed by atoms with Crippen LogP contribution in [0.2, 0.25) is 0 Å². The lowest BCUT2D eigenvalue weighted by Crippen LogP contribution is -2.48. The van der Waals surface area contributed by atoms with Crippen LogP contribution in [0.25, 0.3) is 0 Å². The number of alkyl halides is 3. The number of nitrogens with zero attached hydrogens (tertiary/aromatic N) is 2. The van der Waals surface area contributed by atoms with Crippen molar-refractivity contribution in [2.24, 2.45) is 0 Å². The summed E-state index contributed by atoms with van der Waals surface area (Å²) in [5, 5.41) is 8.99. The Labute approximate surface area is 163 Å². The molecule has 29 heavy (non-hydrogen) atoms. The summed E-state index contributed by atoms with van der Waals surface area (Å²) in [6.45, 7) is -0.148. The van der Waals surface area contributed by atoms with Crippen LogP contribution in [-0.2, 0) is 16.0 Å². The van der Waals surface area contributed by atoms with Gasteiger partial charge in [0.25, 0.3) is 0 Å². The van der Waals surface area contributed by atoms with Gasteiger partial charge in [0.15, 0.2) is 0 Å². The second-order valence-corrected chi connectivity index (χ2v) is 8.23. The number of hydrogen-bond donors (Lipinski definition) is 1. The van der Waals surface area contributed by atoms with Crippen LogP contribution in [0.4, 0.5) is 28.0 Å². The monoisotopic (exact) mass is 432 g/mol. The minimum absolute atomic E-state index is 0.0308. The van der Waals surface area contributed by atoms with Gasteiger partial charge in [0.05, 0.1) is 16.1 Å². The summed E-state index contributed by atoms with van der Waals surface area (Å²) < 4.78 is 81.5. The van der Waals surface area contributed by atoms with Gasteiger partial charge in [-0.2, -0.15) is 13.2 Å². The zero-order valence-corrected chi connectivity index (χ0v) is 15.7. The van der Waals surface area contributed by atoms with Gasteiger partial charge in [0, 0.05) is 26.2 Å². The molecule has 1 heterocycles. The summed E-state index contributed by atoms with van der Waals surface area (Å²) >= 11 is 0. The minimum atomic E-state index is -5.03. The van der Waals surface area contributed by atoms with E-state index in [9.17, 15) is 30.8 Å². The smallest absolute Gasteiger partial charge is 0.419 e. The summed E-state index contributed by atoms with van der Waals surface area (Å²) in [6, 6.07) is 7.29. The topological polar surface area (TPSA) is 77.9 Å². The van der Waals surface area contributed by atoms with Crippen LogP contribution in [0.15, 0.2) is 52.3 Å². The molecule has 0 spiro atoms. The van der Waals surface area contributed by atoms with E-state index in [0.717, 1.165) is 35.2 Å². The fourth-order valence-corrected chi connectivity index (χ4v) is 4.78. The zero-order valence-electron chi connectivity index (χ0n) is 14.9. The maximum absolute atomic E-state index is 14.0. The lowest BCUT2D eigenvalue weighted by atomic mass is 10.1. The average molecular weight is 432 g/mol. The molecule has 0 aromatic heterocycles. The molecule has 11 heteroatoms. The molecule has 156 valence electrons. The van der Waals surface area contributed by atoms with Gasteiger partial charge in [-0.1, -0.05) is 18.2 Å². The van der Waals surface area contributed by atoms with E-state index in [2.05, 4.69) is 0 Å². The molecule has 1 amide bonds. The average Bonchev–Trinajstić information content (AvgIpc) is 2.67. The number of carbonyl (C=O) groups is 1. The van der Waals surface area contributed by atoms with Crippen molar-refractivity contribution < 1.29 is 35.9 Å². The van der Waals surface area contributed by atoms with Crippen LogP contribution in [-0.4, -0.2) is 50.7 Å². The van der Waals surface area contributed by atoms with Crippen molar-refractivity contribution in [3.63, 3.8) is 0 Å². The van der Waals surface area contributed by atoms with Gasteiger partial charge < -0.3 is 14.9 Å². The van der Waals surface area contributed by atoms with E-state index >= 15 is 0 Å². The number of carboxylic acid groups (broad SMARTS) is 1. The Balaban J connectivity index is 2.12. The third-order valence-corrected chi connectivity index (χ3v) is 6.42. The van der Waals surface area contributed by atoms with Crippen LogP contribution < -0.4 is 4.90 Å². The van der Waals surface area contributed by atoms with Gasteiger partial charge in [-0.25, -0.2) is 17.6 Å². The van der Waals surface area contributed by atoms with Crippen LogP contribution in [0, 0.1) is 5.82 Å². The van der Waals surface area contributed by atoms with E-state index in [1.807, 2.05) is 0 Å². The van der Waals surface area contributed by atoms with Crippen molar-refractivity contribution in [1.82, 2.24) is 4.90 Å². The molecule has 0 aliphatic carbocycles. The molecule has 0 bridgehead atoms. The highest BCUT2D eigenvalue weighted by molar-refractivity contribution is 7.91. The Morgan fingerprint density at radius 3 is 2.07 bits per heavy atom. The first kappa shape index (κ1) is 20.9. The number of benzene rings is 2. The van der Waals surface area contributed by atoms with Gasteiger partial charge in [0.2, 0.25) is 9.84 Å². The molecule has 0 radical (unpaired) electrons. The van der Waals surface area contributed by atoms with Crippen molar-refractivity contribution in [2.45, 2.75) is 16.0 Å².